The van der Waals surface area contributed by atoms with E-state index in [-0.39, 0.29) is 11.9 Å². The number of fused-ring (bicyclic) bond motifs is 2. The minimum atomic E-state index is -4.50. The molecule has 0 amide bonds. The minimum absolute atomic E-state index is 0.205. The van der Waals surface area contributed by atoms with Crippen molar-refractivity contribution in [3.8, 4) is 22.3 Å². The van der Waals surface area contributed by atoms with Crippen molar-refractivity contribution in [3.05, 3.63) is 145 Å². The van der Waals surface area contributed by atoms with Crippen molar-refractivity contribution in [3.63, 3.8) is 0 Å². The molecular formula is C48H44F6N12. The third-order valence-corrected chi connectivity index (χ3v) is 12.2. The quantitative estimate of drug-likeness (QED) is 0.103. The van der Waals surface area contributed by atoms with Crippen molar-refractivity contribution in [1.29, 1.82) is 0 Å². The zero-order valence-corrected chi connectivity index (χ0v) is 36.0. The molecule has 2 fully saturated rings. The van der Waals surface area contributed by atoms with Crippen LogP contribution in [-0.4, -0.2) is 105 Å². The largest absolute Gasteiger partial charge is 0.416 e. The Morgan fingerprint density at radius 3 is 1.20 bits per heavy atom. The first kappa shape index (κ1) is 42.8. The molecule has 0 atom stereocenters. The van der Waals surface area contributed by atoms with E-state index in [1.165, 1.54) is 24.3 Å². The number of likely N-dealkylation sites (N-methyl/N-ethyl adjacent to an activating group) is 2. The second-order valence-electron chi connectivity index (χ2n) is 16.6. The van der Waals surface area contributed by atoms with Crippen molar-refractivity contribution < 1.29 is 26.3 Å². The molecule has 4 aromatic carbocycles. The van der Waals surface area contributed by atoms with Gasteiger partial charge in [0.05, 0.1) is 22.5 Å². The summed E-state index contributed by atoms with van der Waals surface area (Å²) in [6.45, 7) is 6.75. The van der Waals surface area contributed by atoms with E-state index >= 15 is 0 Å². The zero-order chi connectivity index (χ0) is 45.7. The van der Waals surface area contributed by atoms with Crippen LogP contribution in [0.3, 0.4) is 0 Å². The van der Waals surface area contributed by atoms with Crippen molar-refractivity contribution in [2.45, 2.75) is 12.4 Å². The van der Waals surface area contributed by atoms with Crippen molar-refractivity contribution >= 4 is 45.9 Å². The molecule has 338 valence electrons. The molecule has 66 heavy (non-hydrogen) atoms. The topological polar surface area (TPSA) is 79.8 Å². The molecule has 12 nitrogen and oxygen atoms in total. The first-order chi connectivity index (χ1) is 31.8. The van der Waals surface area contributed by atoms with E-state index in [1.54, 1.807) is 45.7 Å². The van der Waals surface area contributed by atoms with E-state index in [9.17, 15) is 26.3 Å². The fraction of sp³-hybridized carbons (Fsp3) is 0.250. The number of pyridine rings is 2. The Morgan fingerprint density at radius 2 is 0.833 bits per heavy atom. The lowest BCUT2D eigenvalue weighted by atomic mass is 10.0. The highest BCUT2D eigenvalue weighted by molar-refractivity contribution is 5.83. The van der Waals surface area contributed by atoms with Gasteiger partial charge in [0.15, 0.2) is 11.3 Å². The molecule has 0 radical (unpaired) electrons. The summed E-state index contributed by atoms with van der Waals surface area (Å²) >= 11 is 0. The van der Waals surface area contributed by atoms with Gasteiger partial charge in [-0.05, 0) is 110 Å². The summed E-state index contributed by atoms with van der Waals surface area (Å²) in [4.78, 5) is 19.5. The van der Waals surface area contributed by atoms with Crippen LogP contribution >= 0.6 is 0 Å². The third kappa shape index (κ3) is 8.44. The Bertz CT molecular complexity index is 2780. The molecule has 2 aliphatic heterocycles. The predicted octanol–water partition coefficient (Wildman–Crippen LogP) is 9.54. The van der Waals surface area contributed by atoms with Crippen LogP contribution in [0.1, 0.15) is 11.1 Å². The minimum Gasteiger partial charge on any atom is -0.369 e. The Balaban J connectivity index is 1.18. The summed E-state index contributed by atoms with van der Waals surface area (Å²) in [6.07, 6.45) is -5.53. The maximum absolute atomic E-state index is 13.6. The number of halogens is 6. The van der Waals surface area contributed by atoms with Gasteiger partial charge in [-0.25, -0.2) is 19.0 Å². The van der Waals surface area contributed by atoms with E-state index in [1.807, 2.05) is 34.3 Å². The second kappa shape index (κ2) is 17.0. The molecule has 0 N–H and O–H groups in total. The normalized spacial score (nSPS) is 15.5. The summed E-state index contributed by atoms with van der Waals surface area (Å²) in [7, 11) is 4.20. The molecule has 2 aliphatic rings. The Labute approximate surface area is 376 Å². The number of hydrogen-bond donors (Lipinski definition) is 0. The SMILES string of the molecule is CN1CCN(c2cccc(N(c3nc4c(-c5ccc(C(F)(F)F)cc5)cccn4n3)N(c3cccc(N4CCN(C)CC4)c3)c3nc4c(-c5ccc(C(F)(F)F)cc5)cccn4n3)c2)CC1. The maximum Gasteiger partial charge on any atom is 0.416 e. The zero-order valence-electron chi connectivity index (χ0n) is 36.0. The van der Waals surface area contributed by atoms with Crippen LogP contribution in [0.15, 0.2) is 134 Å². The first-order valence-corrected chi connectivity index (χ1v) is 21.5. The summed E-state index contributed by atoms with van der Waals surface area (Å²) < 4.78 is 85.0. The van der Waals surface area contributed by atoms with Crippen LogP contribution in [0.2, 0.25) is 0 Å². The standard InChI is InChI=1S/C48H44F6N12/c1-59-23-27-61(28-24-59)37-7-3-9-39(31-37)65(45-55-43-41(11-5-21-63(43)57-45)33-13-17-35(18-14-33)47(49,50)51)66(40-10-4-8-38(32-40)62-29-25-60(2)26-30-62)46-56-44-42(12-6-22-64(44)58-46)34-15-19-36(20-16-34)48(52,53)54/h3-22,31-32H,23-30H2,1-2H3. The lowest BCUT2D eigenvalue weighted by molar-refractivity contribution is -0.138. The smallest absolute Gasteiger partial charge is 0.369 e. The first-order valence-electron chi connectivity index (χ1n) is 21.5. The number of hydrogen-bond acceptors (Lipinski definition) is 10. The summed E-state index contributed by atoms with van der Waals surface area (Å²) in [5.41, 5.74) is 4.69. The van der Waals surface area contributed by atoms with Gasteiger partial charge < -0.3 is 19.6 Å². The van der Waals surface area contributed by atoms with E-state index in [0.717, 1.165) is 88.0 Å². The summed E-state index contributed by atoms with van der Waals surface area (Å²) in [6, 6.07) is 33.1. The van der Waals surface area contributed by atoms with E-state index < -0.39 is 23.5 Å². The molecular weight excluding hydrogens is 859 g/mol. The highest BCUT2D eigenvalue weighted by Crippen LogP contribution is 2.40. The van der Waals surface area contributed by atoms with Crippen LogP contribution in [0.25, 0.3) is 33.5 Å². The Morgan fingerprint density at radius 1 is 0.455 bits per heavy atom. The fourth-order valence-electron chi connectivity index (χ4n) is 8.51. The van der Waals surface area contributed by atoms with Crippen molar-refractivity contribution in [1.82, 2.24) is 39.0 Å². The van der Waals surface area contributed by atoms with Crippen LogP contribution in [0, 0.1) is 0 Å². The van der Waals surface area contributed by atoms with Gasteiger partial charge in [0, 0.05) is 87.3 Å². The van der Waals surface area contributed by atoms with Gasteiger partial charge in [-0.3, -0.25) is 0 Å². The molecule has 8 aromatic rings. The highest BCUT2D eigenvalue weighted by atomic mass is 19.4. The molecule has 10 rings (SSSR count). The van der Waals surface area contributed by atoms with Gasteiger partial charge in [-0.1, -0.05) is 36.4 Å². The number of piperazine rings is 2. The van der Waals surface area contributed by atoms with Gasteiger partial charge in [-0.15, -0.1) is 10.2 Å². The lowest BCUT2D eigenvalue weighted by Gasteiger charge is -2.37. The van der Waals surface area contributed by atoms with Gasteiger partial charge in [0.2, 0.25) is 0 Å². The lowest BCUT2D eigenvalue weighted by Crippen LogP contribution is -2.44. The summed E-state index contributed by atoms with van der Waals surface area (Å²) in [5, 5.41) is 13.8. The summed E-state index contributed by atoms with van der Waals surface area (Å²) in [5.74, 6) is 0.411. The van der Waals surface area contributed by atoms with Crippen LogP contribution < -0.4 is 19.8 Å². The molecule has 0 aliphatic carbocycles. The number of nitrogens with zero attached hydrogens (tertiary/aromatic N) is 12. The number of benzene rings is 4. The molecule has 18 heteroatoms. The van der Waals surface area contributed by atoms with E-state index in [0.29, 0.717) is 44.9 Å². The molecule has 0 unspecified atom stereocenters. The van der Waals surface area contributed by atoms with E-state index in [4.69, 9.17) is 20.2 Å². The third-order valence-electron chi connectivity index (χ3n) is 12.2. The molecule has 0 spiro atoms. The fourth-order valence-corrected chi connectivity index (χ4v) is 8.51. The van der Waals surface area contributed by atoms with E-state index in [2.05, 4.69) is 58.0 Å². The monoisotopic (exact) mass is 902 g/mol. The number of alkyl halides is 6. The van der Waals surface area contributed by atoms with Gasteiger partial charge in [-0.2, -0.15) is 36.3 Å². The Kier molecular flexibility index (Phi) is 11.0. The number of aromatic nitrogens is 6. The van der Waals surface area contributed by atoms with Crippen molar-refractivity contribution in [2.75, 3.05) is 86.3 Å². The van der Waals surface area contributed by atoms with Crippen LogP contribution in [0.4, 0.5) is 61.0 Å². The predicted molar refractivity (Wildman–Crippen MR) is 243 cm³/mol. The van der Waals surface area contributed by atoms with Gasteiger partial charge in [0.1, 0.15) is 0 Å². The molecule has 2 saturated heterocycles. The Hall–Kier alpha value is -7.18. The molecule has 4 aromatic heterocycles. The number of rotatable bonds is 9. The van der Waals surface area contributed by atoms with Gasteiger partial charge >= 0.3 is 12.4 Å². The molecule has 0 bridgehead atoms. The molecule has 6 heterocycles. The average Bonchev–Trinajstić information content (AvgIpc) is 3.96. The average molecular weight is 903 g/mol. The van der Waals surface area contributed by atoms with Crippen LogP contribution in [0.5, 0.6) is 0 Å². The van der Waals surface area contributed by atoms with Crippen molar-refractivity contribution in [2.24, 2.45) is 0 Å². The maximum atomic E-state index is 13.6. The highest BCUT2D eigenvalue weighted by Gasteiger charge is 2.33. The molecule has 0 saturated carbocycles. The van der Waals surface area contributed by atoms with Crippen LogP contribution in [-0.2, 0) is 12.4 Å². The number of anilines is 6. The van der Waals surface area contributed by atoms with Gasteiger partial charge in [0.25, 0.3) is 11.9 Å². The number of hydrazine groups is 1. The second-order valence-corrected chi connectivity index (χ2v) is 16.6.